The molecule has 0 saturated heterocycles. The molecule has 0 bridgehead atoms. The molecule has 110 valence electrons. The van der Waals surface area contributed by atoms with Crippen LogP contribution in [0.3, 0.4) is 0 Å². The van der Waals surface area contributed by atoms with Crippen molar-refractivity contribution in [2.45, 2.75) is 64.5 Å². The number of ether oxygens (including phenoxy) is 1. The summed E-state index contributed by atoms with van der Waals surface area (Å²) in [5, 5.41) is 14.0. The van der Waals surface area contributed by atoms with E-state index >= 15 is 0 Å². The first-order chi connectivity index (χ1) is 8.86. The van der Waals surface area contributed by atoms with Crippen molar-refractivity contribution in [3.05, 3.63) is 0 Å². The summed E-state index contributed by atoms with van der Waals surface area (Å²) >= 11 is 0. The lowest BCUT2D eigenvalue weighted by Gasteiger charge is -2.35. The molecule has 19 heavy (non-hydrogen) atoms. The molecule has 2 aliphatic rings. The van der Waals surface area contributed by atoms with Gasteiger partial charge in [-0.2, -0.15) is 0 Å². The van der Waals surface area contributed by atoms with Crippen LogP contribution in [-0.2, 0) is 9.53 Å². The molecule has 0 aromatic rings. The molecule has 2 rings (SSSR count). The SMILES string of the molecule is CCOC(=O)C1CCC(O)(CNC2CC2(C)C)CC1. The molecule has 0 aromatic carbocycles. The van der Waals surface area contributed by atoms with E-state index in [4.69, 9.17) is 4.74 Å². The average molecular weight is 269 g/mol. The third-order valence-corrected chi connectivity index (χ3v) is 4.73. The summed E-state index contributed by atoms with van der Waals surface area (Å²) in [4.78, 5) is 11.7. The van der Waals surface area contributed by atoms with E-state index < -0.39 is 5.60 Å². The summed E-state index contributed by atoms with van der Waals surface area (Å²) in [5.74, 6) is -0.113. The molecule has 4 nitrogen and oxygen atoms in total. The molecule has 0 heterocycles. The largest absolute Gasteiger partial charge is 0.466 e. The maximum Gasteiger partial charge on any atom is 0.308 e. The summed E-state index contributed by atoms with van der Waals surface area (Å²) in [5.41, 5.74) is -0.250. The van der Waals surface area contributed by atoms with Gasteiger partial charge < -0.3 is 15.2 Å². The van der Waals surface area contributed by atoms with Crippen molar-refractivity contribution >= 4 is 5.97 Å². The summed E-state index contributed by atoms with van der Waals surface area (Å²) in [6, 6.07) is 0.541. The van der Waals surface area contributed by atoms with E-state index in [9.17, 15) is 9.90 Å². The number of nitrogens with one attached hydrogen (secondary N) is 1. The second-order valence-electron chi connectivity index (χ2n) is 6.88. The van der Waals surface area contributed by atoms with Gasteiger partial charge in [0.25, 0.3) is 0 Å². The Balaban J connectivity index is 1.73. The maximum absolute atomic E-state index is 11.7. The number of carbonyl (C=O) groups excluding carboxylic acids is 1. The molecule has 2 fully saturated rings. The zero-order valence-corrected chi connectivity index (χ0v) is 12.4. The quantitative estimate of drug-likeness (QED) is 0.748. The Morgan fingerprint density at radius 3 is 2.42 bits per heavy atom. The fourth-order valence-corrected chi connectivity index (χ4v) is 2.96. The predicted octanol–water partition coefficient (Wildman–Crippen LogP) is 1.86. The van der Waals surface area contributed by atoms with E-state index in [1.807, 2.05) is 6.92 Å². The Labute approximate surface area is 115 Å². The molecule has 4 heteroatoms. The van der Waals surface area contributed by atoms with Crippen molar-refractivity contribution in [2.75, 3.05) is 13.2 Å². The molecule has 0 spiro atoms. The van der Waals surface area contributed by atoms with Gasteiger partial charge in [0, 0.05) is 12.6 Å². The van der Waals surface area contributed by atoms with E-state index in [-0.39, 0.29) is 11.9 Å². The molecular weight excluding hydrogens is 242 g/mol. The van der Waals surface area contributed by atoms with Crippen LogP contribution in [0.4, 0.5) is 0 Å². The van der Waals surface area contributed by atoms with Gasteiger partial charge in [-0.15, -0.1) is 0 Å². The highest BCUT2D eigenvalue weighted by Crippen LogP contribution is 2.45. The second kappa shape index (κ2) is 5.41. The van der Waals surface area contributed by atoms with Crippen molar-refractivity contribution in [3.8, 4) is 0 Å². The predicted molar refractivity (Wildman–Crippen MR) is 73.7 cm³/mol. The lowest BCUT2D eigenvalue weighted by molar-refractivity contribution is -0.151. The summed E-state index contributed by atoms with van der Waals surface area (Å²) < 4.78 is 5.05. The minimum Gasteiger partial charge on any atom is -0.466 e. The van der Waals surface area contributed by atoms with Gasteiger partial charge in [0.05, 0.1) is 18.1 Å². The number of carbonyl (C=O) groups is 1. The highest BCUT2D eigenvalue weighted by Gasteiger charge is 2.46. The van der Waals surface area contributed by atoms with Gasteiger partial charge >= 0.3 is 5.97 Å². The van der Waals surface area contributed by atoms with Gasteiger partial charge in [-0.05, 0) is 44.4 Å². The van der Waals surface area contributed by atoms with Crippen LogP contribution in [0.5, 0.6) is 0 Å². The van der Waals surface area contributed by atoms with E-state index in [1.54, 1.807) is 0 Å². The van der Waals surface area contributed by atoms with Crippen LogP contribution in [0.2, 0.25) is 0 Å². The van der Waals surface area contributed by atoms with Crippen LogP contribution in [0.15, 0.2) is 0 Å². The van der Waals surface area contributed by atoms with Crippen LogP contribution in [0.1, 0.15) is 52.9 Å². The Bertz CT molecular complexity index is 332. The van der Waals surface area contributed by atoms with E-state index in [0.29, 0.717) is 37.5 Å². The number of rotatable bonds is 5. The molecule has 0 amide bonds. The van der Waals surface area contributed by atoms with Crippen molar-refractivity contribution in [1.29, 1.82) is 0 Å². The van der Waals surface area contributed by atoms with Crippen LogP contribution in [0, 0.1) is 11.3 Å². The normalized spacial score (nSPS) is 36.8. The topological polar surface area (TPSA) is 58.6 Å². The van der Waals surface area contributed by atoms with Crippen LogP contribution < -0.4 is 5.32 Å². The summed E-state index contributed by atoms with van der Waals surface area (Å²) in [7, 11) is 0. The van der Waals surface area contributed by atoms with Gasteiger partial charge in [0.15, 0.2) is 0 Å². The van der Waals surface area contributed by atoms with E-state index in [2.05, 4.69) is 19.2 Å². The van der Waals surface area contributed by atoms with Crippen molar-refractivity contribution in [1.82, 2.24) is 5.32 Å². The molecule has 0 radical (unpaired) electrons. The molecule has 1 atom stereocenters. The first-order valence-corrected chi connectivity index (χ1v) is 7.49. The van der Waals surface area contributed by atoms with Gasteiger partial charge in [0.1, 0.15) is 0 Å². The zero-order valence-electron chi connectivity index (χ0n) is 12.4. The first kappa shape index (κ1) is 14.8. The minimum absolute atomic E-state index is 0.0161. The monoisotopic (exact) mass is 269 g/mol. The zero-order chi connectivity index (χ0) is 14.1. The Morgan fingerprint density at radius 1 is 1.37 bits per heavy atom. The lowest BCUT2D eigenvalue weighted by Crippen LogP contribution is -2.45. The Morgan fingerprint density at radius 2 is 1.95 bits per heavy atom. The fourth-order valence-electron chi connectivity index (χ4n) is 2.96. The molecule has 0 aromatic heterocycles. The van der Waals surface area contributed by atoms with Crippen molar-refractivity contribution in [2.24, 2.45) is 11.3 Å². The van der Waals surface area contributed by atoms with Crippen LogP contribution >= 0.6 is 0 Å². The standard InChI is InChI=1S/C15H27NO3/c1-4-19-13(17)11-5-7-15(18,8-6-11)10-16-12-9-14(12,2)3/h11-12,16,18H,4-10H2,1-3H3. The lowest BCUT2D eigenvalue weighted by atomic mass is 9.78. The van der Waals surface area contributed by atoms with Crippen LogP contribution in [-0.4, -0.2) is 35.9 Å². The van der Waals surface area contributed by atoms with Gasteiger partial charge in [-0.25, -0.2) is 0 Å². The first-order valence-electron chi connectivity index (χ1n) is 7.49. The highest BCUT2D eigenvalue weighted by molar-refractivity contribution is 5.72. The summed E-state index contributed by atoms with van der Waals surface area (Å²) in [6.07, 6.45) is 4.05. The summed E-state index contributed by atoms with van der Waals surface area (Å²) in [6.45, 7) is 7.41. The van der Waals surface area contributed by atoms with E-state index in [1.165, 1.54) is 6.42 Å². The maximum atomic E-state index is 11.7. The van der Waals surface area contributed by atoms with Gasteiger partial charge in [-0.3, -0.25) is 4.79 Å². The number of aliphatic hydroxyl groups is 1. The van der Waals surface area contributed by atoms with Crippen molar-refractivity contribution < 1.29 is 14.6 Å². The minimum atomic E-state index is -0.637. The molecular formula is C15H27NO3. The third kappa shape index (κ3) is 3.69. The van der Waals surface area contributed by atoms with Gasteiger partial charge in [0.2, 0.25) is 0 Å². The second-order valence-corrected chi connectivity index (χ2v) is 6.88. The Hall–Kier alpha value is -0.610. The molecule has 2 aliphatic carbocycles. The van der Waals surface area contributed by atoms with E-state index in [0.717, 1.165) is 12.8 Å². The third-order valence-electron chi connectivity index (χ3n) is 4.73. The number of hydrogen-bond donors (Lipinski definition) is 2. The average Bonchev–Trinajstić information content (AvgIpc) is 2.96. The van der Waals surface area contributed by atoms with Gasteiger partial charge in [-0.1, -0.05) is 13.8 Å². The fraction of sp³-hybridized carbons (Fsp3) is 0.933. The molecule has 2 N–H and O–H groups in total. The smallest absolute Gasteiger partial charge is 0.308 e. The number of hydrogen-bond acceptors (Lipinski definition) is 4. The molecule has 0 aliphatic heterocycles. The van der Waals surface area contributed by atoms with Crippen LogP contribution in [0.25, 0.3) is 0 Å². The highest BCUT2D eigenvalue weighted by atomic mass is 16.5. The molecule has 2 saturated carbocycles. The van der Waals surface area contributed by atoms with Crippen molar-refractivity contribution in [3.63, 3.8) is 0 Å². The molecule has 1 unspecified atom stereocenters. The Kier molecular flexibility index (Phi) is 4.21. The number of esters is 1.